The molecule has 1 aliphatic rings. The normalized spacial score (nSPS) is 20.2. The minimum Gasteiger partial charge on any atom is -0.375 e. The predicted octanol–water partition coefficient (Wildman–Crippen LogP) is -0.585. The Morgan fingerprint density at radius 1 is 1.76 bits per heavy atom. The minimum atomic E-state index is -0.00218. The zero-order valence-electron chi connectivity index (χ0n) is 9.98. The van der Waals surface area contributed by atoms with E-state index in [-0.39, 0.29) is 12.0 Å². The van der Waals surface area contributed by atoms with Crippen molar-refractivity contribution in [2.45, 2.75) is 19.1 Å². The van der Waals surface area contributed by atoms with Crippen LogP contribution in [0.1, 0.15) is 12.0 Å². The second kappa shape index (κ2) is 5.79. The van der Waals surface area contributed by atoms with E-state index in [1.165, 1.54) is 0 Å². The fraction of sp³-hybridized carbons (Fsp3) is 0.636. The van der Waals surface area contributed by atoms with Crippen molar-refractivity contribution in [1.29, 1.82) is 0 Å². The molecule has 2 heterocycles. The molecule has 0 aromatic carbocycles. The summed E-state index contributed by atoms with van der Waals surface area (Å²) in [6, 6.07) is 0. The first-order chi connectivity index (χ1) is 8.24. The number of carbonyl (C=O) groups is 1. The van der Waals surface area contributed by atoms with Crippen LogP contribution in [0, 0.1) is 0 Å². The molecular weight excluding hydrogens is 220 g/mol. The molecule has 0 radical (unpaired) electrons. The number of ether oxygens (including phenoxy) is 1. The molecule has 6 heteroatoms. The predicted molar refractivity (Wildman–Crippen MR) is 62.3 cm³/mol. The van der Waals surface area contributed by atoms with Gasteiger partial charge in [-0.1, -0.05) is 0 Å². The number of aromatic nitrogens is 2. The van der Waals surface area contributed by atoms with Crippen molar-refractivity contribution in [2.24, 2.45) is 7.05 Å². The second-order valence-electron chi connectivity index (χ2n) is 4.20. The molecule has 1 saturated heterocycles. The number of rotatable bonds is 4. The van der Waals surface area contributed by atoms with Crippen molar-refractivity contribution in [2.75, 3.05) is 19.7 Å². The number of hydrogen-bond acceptors (Lipinski definition) is 4. The zero-order valence-corrected chi connectivity index (χ0v) is 9.98. The van der Waals surface area contributed by atoms with Gasteiger partial charge in [0.15, 0.2) is 0 Å². The van der Waals surface area contributed by atoms with Crippen molar-refractivity contribution >= 4 is 5.91 Å². The highest BCUT2D eigenvalue weighted by Gasteiger charge is 2.16. The Balaban J connectivity index is 1.70. The van der Waals surface area contributed by atoms with Gasteiger partial charge in [0, 0.05) is 38.4 Å². The largest absolute Gasteiger partial charge is 0.375 e. The molecule has 1 amide bonds. The molecule has 0 spiro atoms. The maximum atomic E-state index is 11.6. The number of carbonyl (C=O) groups excluding carboxylic acids is 1. The van der Waals surface area contributed by atoms with Crippen molar-refractivity contribution in [3.8, 4) is 0 Å². The average molecular weight is 238 g/mol. The van der Waals surface area contributed by atoms with Gasteiger partial charge in [0.1, 0.15) is 0 Å². The minimum absolute atomic E-state index is 0.00218. The maximum Gasteiger partial charge on any atom is 0.222 e. The first-order valence-corrected chi connectivity index (χ1v) is 5.80. The van der Waals surface area contributed by atoms with E-state index in [0.717, 1.165) is 18.7 Å². The number of hydrogen-bond donors (Lipinski definition) is 2. The van der Waals surface area contributed by atoms with Crippen LogP contribution in [0.3, 0.4) is 0 Å². The van der Waals surface area contributed by atoms with Crippen molar-refractivity contribution < 1.29 is 9.53 Å². The first kappa shape index (κ1) is 12.1. The van der Waals surface area contributed by atoms with Crippen LogP contribution in [0.4, 0.5) is 0 Å². The van der Waals surface area contributed by atoms with E-state index in [9.17, 15) is 4.79 Å². The molecule has 1 aromatic rings. The molecule has 1 aromatic heterocycles. The molecule has 1 aliphatic heterocycles. The van der Waals surface area contributed by atoms with Crippen LogP contribution in [0.25, 0.3) is 0 Å². The molecule has 94 valence electrons. The summed E-state index contributed by atoms with van der Waals surface area (Å²) < 4.78 is 7.18. The van der Waals surface area contributed by atoms with Crippen molar-refractivity contribution in [3.63, 3.8) is 0 Å². The van der Waals surface area contributed by atoms with Crippen LogP contribution in [-0.2, 0) is 23.1 Å². The van der Waals surface area contributed by atoms with E-state index < -0.39 is 0 Å². The van der Waals surface area contributed by atoms with Crippen LogP contribution in [0.5, 0.6) is 0 Å². The molecule has 0 aliphatic carbocycles. The van der Waals surface area contributed by atoms with Gasteiger partial charge >= 0.3 is 0 Å². The summed E-state index contributed by atoms with van der Waals surface area (Å²) in [5, 5.41) is 10.1. The zero-order chi connectivity index (χ0) is 12.1. The molecule has 2 N–H and O–H groups in total. The van der Waals surface area contributed by atoms with Crippen LogP contribution < -0.4 is 10.6 Å². The quantitative estimate of drug-likeness (QED) is 0.736. The van der Waals surface area contributed by atoms with Gasteiger partial charge in [-0.15, -0.1) is 0 Å². The summed E-state index contributed by atoms with van der Waals surface area (Å²) >= 11 is 0. The fourth-order valence-electron chi connectivity index (χ4n) is 1.79. The Bertz CT molecular complexity index is 371. The average Bonchev–Trinajstić information content (AvgIpc) is 2.74. The second-order valence-corrected chi connectivity index (χ2v) is 4.20. The summed E-state index contributed by atoms with van der Waals surface area (Å²) in [6.45, 7) is 2.82. The molecule has 6 nitrogen and oxygen atoms in total. The van der Waals surface area contributed by atoms with Crippen LogP contribution >= 0.6 is 0 Å². The summed E-state index contributed by atoms with van der Waals surface area (Å²) in [6.07, 6.45) is 4.04. The van der Waals surface area contributed by atoms with Gasteiger partial charge in [0.2, 0.25) is 5.91 Å². The summed E-state index contributed by atoms with van der Waals surface area (Å²) in [5.41, 5.74) is 1.00. The molecule has 1 unspecified atom stereocenters. The molecular formula is C11H18N4O2. The van der Waals surface area contributed by atoms with Gasteiger partial charge in [-0.25, -0.2) is 0 Å². The van der Waals surface area contributed by atoms with Gasteiger partial charge in [-0.05, 0) is 0 Å². The summed E-state index contributed by atoms with van der Waals surface area (Å²) in [5.74, 6) is 0.0163. The molecule has 0 saturated carbocycles. The molecule has 17 heavy (non-hydrogen) atoms. The standard InChI is InChI=1S/C11H18N4O2/c1-15-8-9(6-14-15)5-13-11(16)4-10-7-12-2-3-17-10/h6,8,10,12H,2-5,7H2,1H3,(H,13,16). The lowest BCUT2D eigenvalue weighted by molar-refractivity contribution is -0.124. The molecule has 2 rings (SSSR count). The van der Waals surface area contributed by atoms with Gasteiger partial charge < -0.3 is 15.4 Å². The van der Waals surface area contributed by atoms with E-state index in [0.29, 0.717) is 19.6 Å². The van der Waals surface area contributed by atoms with E-state index in [4.69, 9.17) is 4.74 Å². The Kier molecular flexibility index (Phi) is 4.11. The number of nitrogens with zero attached hydrogens (tertiary/aromatic N) is 2. The molecule has 1 atom stereocenters. The van der Waals surface area contributed by atoms with Gasteiger partial charge in [-0.2, -0.15) is 5.10 Å². The Hall–Kier alpha value is -1.40. The number of aryl methyl sites for hydroxylation is 1. The topological polar surface area (TPSA) is 68.2 Å². The van der Waals surface area contributed by atoms with E-state index in [1.54, 1.807) is 10.9 Å². The van der Waals surface area contributed by atoms with Gasteiger partial charge in [0.05, 0.1) is 25.3 Å². The third-order valence-corrected chi connectivity index (χ3v) is 2.67. The fourth-order valence-corrected chi connectivity index (χ4v) is 1.79. The van der Waals surface area contributed by atoms with Crippen LogP contribution in [0.15, 0.2) is 12.4 Å². The smallest absolute Gasteiger partial charge is 0.222 e. The third-order valence-electron chi connectivity index (χ3n) is 2.67. The van der Waals surface area contributed by atoms with E-state index >= 15 is 0 Å². The third kappa shape index (κ3) is 3.83. The lowest BCUT2D eigenvalue weighted by Gasteiger charge is -2.22. The van der Waals surface area contributed by atoms with E-state index in [1.807, 2.05) is 13.2 Å². The number of nitrogens with one attached hydrogen (secondary N) is 2. The van der Waals surface area contributed by atoms with Gasteiger partial charge in [-0.3, -0.25) is 9.48 Å². The van der Waals surface area contributed by atoms with E-state index in [2.05, 4.69) is 15.7 Å². The lowest BCUT2D eigenvalue weighted by atomic mass is 10.2. The summed E-state index contributed by atoms with van der Waals surface area (Å²) in [4.78, 5) is 11.6. The molecule has 1 fully saturated rings. The maximum absolute atomic E-state index is 11.6. The highest BCUT2D eigenvalue weighted by molar-refractivity contribution is 5.76. The van der Waals surface area contributed by atoms with Crippen molar-refractivity contribution in [3.05, 3.63) is 18.0 Å². The van der Waals surface area contributed by atoms with Gasteiger partial charge in [0.25, 0.3) is 0 Å². The SMILES string of the molecule is Cn1cc(CNC(=O)CC2CNCCO2)cn1. The number of morpholine rings is 1. The molecule has 0 bridgehead atoms. The van der Waals surface area contributed by atoms with Crippen LogP contribution in [-0.4, -0.2) is 41.5 Å². The lowest BCUT2D eigenvalue weighted by Crippen LogP contribution is -2.41. The van der Waals surface area contributed by atoms with Crippen molar-refractivity contribution in [1.82, 2.24) is 20.4 Å². The highest BCUT2D eigenvalue weighted by atomic mass is 16.5. The monoisotopic (exact) mass is 238 g/mol. The Labute approximate surface area is 100 Å². The number of amides is 1. The highest BCUT2D eigenvalue weighted by Crippen LogP contribution is 2.02. The first-order valence-electron chi connectivity index (χ1n) is 5.80. The van der Waals surface area contributed by atoms with Crippen LogP contribution in [0.2, 0.25) is 0 Å². The summed E-state index contributed by atoms with van der Waals surface area (Å²) in [7, 11) is 1.85. The Morgan fingerprint density at radius 3 is 3.29 bits per heavy atom. The Morgan fingerprint density at radius 2 is 2.65 bits per heavy atom.